The Morgan fingerprint density at radius 1 is 1.38 bits per heavy atom. The molecule has 0 heterocycles. The van der Waals surface area contributed by atoms with Crippen molar-refractivity contribution in [3.8, 4) is 0 Å². The number of carbonyl (C=O) groups is 1. The van der Waals surface area contributed by atoms with E-state index in [1.54, 1.807) is 4.90 Å². The Labute approximate surface area is 130 Å². The van der Waals surface area contributed by atoms with Crippen LogP contribution in [0.3, 0.4) is 0 Å². The van der Waals surface area contributed by atoms with Crippen molar-refractivity contribution in [1.82, 2.24) is 4.90 Å². The second-order valence-electron chi connectivity index (χ2n) is 5.22. The van der Waals surface area contributed by atoms with Gasteiger partial charge in [-0.1, -0.05) is 31.4 Å². The lowest BCUT2D eigenvalue weighted by molar-refractivity contribution is -0.384. The number of carbonyl (C=O) groups excluding carboxylic acids is 1. The maximum atomic E-state index is 12.5. The predicted molar refractivity (Wildman–Crippen MR) is 83.8 cm³/mol. The SMILES string of the molecule is CCCCCN(C(=O)c1ccc(Cl)c([N+](=O)[O-])c1)C(C)C. The average Bonchev–Trinajstić information content (AvgIpc) is 2.42. The van der Waals surface area contributed by atoms with Crippen LogP contribution < -0.4 is 0 Å². The van der Waals surface area contributed by atoms with Gasteiger partial charge in [-0.05, 0) is 32.4 Å². The van der Waals surface area contributed by atoms with Crippen molar-refractivity contribution >= 4 is 23.2 Å². The lowest BCUT2D eigenvalue weighted by atomic mass is 10.1. The molecule has 0 spiro atoms. The quantitative estimate of drug-likeness (QED) is 0.428. The van der Waals surface area contributed by atoms with Gasteiger partial charge in [0.1, 0.15) is 5.02 Å². The summed E-state index contributed by atoms with van der Waals surface area (Å²) in [7, 11) is 0. The van der Waals surface area contributed by atoms with Gasteiger partial charge in [0.15, 0.2) is 0 Å². The van der Waals surface area contributed by atoms with Crippen LogP contribution in [-0.2, 0) is 0 Å². The van der Waals surface area contributed by atoms with E-state index in [1.165, 1.54) is 18.2 Å². The van der Waals surface area contributed by atoms with E-state index in [2.05, 4.69) is 6.92 Å². The van der Waals surface area contributed by atoms with Crippen molar-refractivity contribution < 1.29 is 9.72 Å². The first-order valence-corrected chi connectivity index (χ1v) is 7.51. The lowest BCUT2D eigenvalue weighted by Crippen LogP contribution is -2.37. The van der Waals surface area contributed by atoms with Gasteiger partial charge in [0.2, 0.25) is 0 Å². The second kappa shape index (κ2) is 7.98. The summed E-state index contributed by atoms with van der Waals surface area (Å²) in [6, 6.07) is 4.23. The lowest BCUT2D eigenvalue weighted by Gasteiger charge is -2.27. The molecule has 6 heteroatoms. The van der Waals surface area contributed by atoms with Crippen LogP contribution in [0.1, 0.15) is 50.4 Å². The molecule has 0 aromatic heterocycles. The monoisotopic (exact) mass is 312 g/mol. The van der Waals surface area contributed by atoms with Crippen molar-refractivity contribution in [3.63, 3.8) is 0 Å². The van der Waals surface area contributed by atoms with Crippen LogP contribution in [0.25, 0.3) is 0 Å². The van der Waals surface area contributed by atoms with Gasteiger partial charge in [-0.2, -0.15) is 0 Å². The number of amides is 1. The number of hydrogen-bond donors (Lipinski definition) is 0. The number of nitro groups is 1. The summed E-state index contributed by atoms with van der Waals surface area (Å²) in [6.07, 6.45) is 3.06. The highest BCUT2D eigenvalue weighted by Gasteiger charge is 2.22. The summed E-state index contributed by atoms with van der Waals surface area (Å²) in [5.74, 6) is -0.194. The Morgan fingerprint density at radius 3 is 2.57 bits per heavy atom. The van der Waals surface area contributed by atoms with Gasteiger partial charge in [0.25, 0.3) is 11.6 Å². The number of benzene rings is 1. The molecule has 0 saturated heterocycles. The smallest absolute Gasteiger partial charge is 0.288 e. The third-order valence-electron chi connectivity index (χ3n) is 3.28. The molecule has 0 radical (unpaired) electrons. The highest BCUT2D eigenvalue weighted by Crippen LogP contribution is 2.26. The molecular weight excluding hydrogens is 292 g/mol. The highest BCUT2D eigenvalue weighted by molar-refractivity contribution is 6.32. The molecule has 1 aromatic rings. The molecule has 1 aromatic carbocycles. The van der Waals surface area contributed by atoms with Crippen molar-refractivity contribution in [2.75, 3.05) is 6.54 Å². The Kier molecular flexibility index (Phi) is 6.62. The zero-order valence-electron chi connectivity index (χ0n) is 12.6. The number of unbranched alkanes of at least 4 members (excludes halogenated alkanes) is 2. The topological polar surface area (TPSA) is 63.5 Å². The molecular formula is C15H21ClN2O3. The van der Waals surface area contributed by atoms with Gasteiger partial charge in [-0.3, -0.25) is 14.9 Å². The van der Waals surface area contributed by atoms with Gasteiger partial charge in [0.05, 0.1) is 4.92 Å². The van der Waals surface area contributed by atoms with E-state index in [1.807, 2.05) is 13.8 Å². The van der Waals surface area contributed by atoms with Gasteiger partial charge < -0.3 is 4.90 Å². The minimum atomic E-state index is -0.574. The number of hydrogen-bond acceptors (Lipinski definition) is 3. The molecule has 0 saturated carbocycles. The molecule has 0 N–H and O–H groups in total. The summed E-state index contributed by atoms with van der Waals surface area (Å²) < 4.78 is 0. The fourth-order valence-corrected chi connectivity index (χ4v) is 2.26. The average molecular weight is 313 g/mol. The number of rotatable bonds is 7. The van der Waals surface area contributed by atoms with Gasteiger partial charge in [-0.25, -0.2) is 0 Å². The largest absolute Gasteiger partial charge is 0.336 e. The van der Waals surface area contributed by atoms with E-state index >= 15 is 0 Å². The molecule has 116 valence electrons. The maximum absolute atomic E-state index is 12.5. The molecule has 0 bridgehead atoms. The van der Waals surface area contributed by atoms with Gasteiger partial charge >= 0.3 is 0 Å². The highest BCUT2D eigenvalue weighted by atomic mass is 35.5. The Bertz CT molecular complexity index is 518. The van der Waals surface area contributed by atoms with Crippen LogP contribution in [0.15, 0.2) is 18.2 Å². The van der Waals surface area contributed by atoms with E-state index < -0.39 is 4.92 Å². The van der Waals surface area contributed by atoms with Crippen LogP contribution in [-0.4, -0.2) is 28.3 Å². The van der Waals surface area contributed by atoms with E-state index in [0.29, 0.717) is 12.1 Å². The summed E-state index contributed by atoms with van der Waals surface area (Å²) in [5.41, 5.74) is 0.0658. The Hall–Kier alpha value is -1.62. The summed E-state index contributed by atoms with van der Waals surface area (Å²) in [5, 5.41) is 10.9. The number of nitro benzene ring substituents is 1. The molecule has 0 aliphatic rings. The van der Waals surface area contributed by atoms with Crippen molar-refractivity contribution in [1.29, 1.82) is 0 Å². The fourth-order valence-electron chi connectivity index (χ4n) is 2.08. The van der Waals surface area contributed by atoms with E-state index in [9.17, 15) is 14.9 Å². The Balaban J connectivity index is 2.98. The molecule has 0 aliphatic carbocycles. The first kappa shape index (κ1) is 17.4. The predicted octanol–water partition coefficient (Wildman–Crippen LogP) is 4.29. The summed E-state index contributed by atoms with van der Waals surface area (Å²) >= 11 is 5.77. The third-order valence-corrected chi connectivity index (χ3v) is 3.60. The third kappa shape index (κ3) is 4.70. The first-order chi connectivity index (χ1) is 9.88. The van der Waals surface area contributed by atoms with Crippen molar-refractivity contribution in [2.45, 2.75) is 46.1 Å². The second-order valence-corrected chi connectivity index (χ2v) is 5.63. The molecule has 0 aliphatic heterocycles. The standard InChI is InChI=1S/C15H21ClN2O3/c1-4-5-6-9-17(11(2)3)15(19)12-7-8-13(16)14(10-12)18(20)21/h7-8,10-11H,4-6,9H2,1-3H3. The van der Waals surface area contributed by atoms with Crippen LogP contribution in [0, 0.1) is 10.1 Å². The van der Waals surface area contributed by atoms with Gasteiger partial charge in [-0.15, -0.1) is 0 Å². The first-order valence-electron chi connectivity index (χ1n) is 7.13. The number of halogens is 1. The molecule has 5 nitrogen and oxygen atoms in total. The zero-order valence-corrected chi connectivity index (χ0v) is 13.4. The molecule has 1 rings (SSSR count). The summed E-state index contributed by atoms with van der Waals surface area (Å²) in [4.78, 5) is 24.6. The minimum Gasteiger partial charge on any atom is -0.336 e. The van der Waals surface area contributed by atoms with Crippen LogP contribution in [0.5, 0.6) is 0 Å². The minimum absolute atomic E-state index is 0.0404. The van der Waals surface area contributed by atoms with Gasteiger partial charge in [0, 0.05) is 24.2 Å². The normalized spacial score (nSPS) is 10.7. The van der Waals surface area contributed by atoms with Crippen LogP contribution >= 0.6 is 11.6 Å². The fraction of sp³-hybridized carbons (Fsp3) is 0.533. The molecule has 21 heavy (non-hydrogen) atoms. The number of nitrogens with zero attached hydrogens (tertiary/aromatic N) is 2. The summed E-state index contributed by atoms with van der Waals surface area (Å²) in [6.45, 7) is 6.63. The van der Waals surface area contributed by atoms with Crippen LogP contribution in [0.4, 0.5) is 5.69 Å². The maximum Gasteiger partial charge on any atom is 0.288 e. The molecule has 0 fully saturated rings. The molecule has 1 amide bonds. The zero-order chi connectivity index (χ0) is 16.0. The van der Waals surface area contributed by atoms with Crippen molar-refractivity contribution in [3.05, 3.63) is 38.9 Å². The van der Waals surface area contributed by atoms with E-state index in [0.717, 1.165) is 19.3 Å². The van der Waals surface area contributed by atoms with Crippen LogP contribution in [0.2, 0.25) is 5.02 Å². The Morgan fingerprint density at radius 2 is 2.05 bits per heavy atom. The molecule has 0 atom stereocenters. The molecule has 0 unspecified atom stereocenters. The van der Waals surface area contributed by atoms with Crippen molar-refractivity contribution in [2.24, 2.45) is 0 Å². The van der Waals surface area contributed by atoms with E-state index in [4.69, 9.17) is 11.6 Å². The van der Waals surface area contributed by atoms with E-state index in [-0.39, 0.29) is 22.7 Å².